The first-order valence-electron chi connectivity index (χ1n) is 7.02. The van der Waals surface area contributed by atoms with Crippen LogP contribution < -0.4 is 4.74 Å². The first kappa shape index (κ1) is 14.7. The Balaban J connectivity index is 2.23. The van der Waals surface area contributed by atoms with E-state index in [1.54, 1.807) is 13.2 Å². The molecule has 2 rings (SSSR count). The zero-order valence-corrected chi connectivity index (χ0v) is 12.7. The third-order valence-electron chi connectivity index (χ3n) is 4.17. The molecule has 0 bridgehead atoms. The average Bonchev–Trinajstić information content (AvgIpc) is 2.36. The monoisotopic (exact) mass is 282 g/mol. The fourth-order valence-electron chi connectivity index (χ4n) is 3.46. The molecular formula is C16H23ClO2. The van der Waals surface area contributed by atoms with E-state index in [1.165, 1.54) is 6.42 Å². The van der Waals surface area contributed by atoms with E-state index in [0.717, 1.165) is 24.2 Å². The molecule has 1 fully saturated rings. The molecule has 1 N–H and O–H groups in total. The van der Waals surface area contributed by atoms with Gasteiger partial charge in [0, 0.05) is 10.6 Å². The van der Waals surface area contributed by atoms with Crippen LogP contribution in [0.5, 0.6) is 5.75 Å². The first-order chi connectivity index (χ1) is 9.01. The van der Waals surface area contributed by atoms with Crippen LogP contribution in [0.15, 0.2) is 18.2 Å². The Hall–Kier alpha value is -0.730. The van der Waals surface area contributed by atoms with Crippen LogP contribution in [0.1, 0.15) is 44.8 Å². The Morgan fingerprint density at radius 1 is 1.21 bits per heavy atom. The predicted molar refractivity (Wildman–Crippen MR) is 78.6 cm³/mol. The van der Waals surface area contributed by atoms with Gasteiger partial charge in [-0.25, -0.2) is 0 Å². The molecule has 0 radical (unpaired) electrons. The van der Waals surface area contributed by atoms with Gasteiger partial charge in [-0.1, -0.05) is 25.4 Å². The molecule has 0 spiro atoms. The van der Waals surface area contributed by atoms with E-state index in [4.69, 9.17) is 16.3 Å². The zero-order valence-electron chi connectivity index (χ0n) is 11.9. The SMILES string of the molecule is COc1ccc(Cl)cc1C(O)C1CC(C)CC(C)C1. The highest BCUT2D eigenvalue weighted by molar-refractivity contribution is 6.30. The molecule has 3 atom stereocenters. The second kappa shape index (κ2) is 6.15. The molecule has 3 heteroatoms. The Morgan fingerprint density at radius 2 is 1.84 bits per heavy atom. The number of benzene rings is 1. The molecule has 106 valence electrons. The molecule has 3 unspecified atom stereocenters. The summed E-state index contributed by atoms with van der Waals surface area (Å²) in [7, 11) is 1.63. The fourth-order valence-corrected chi connectivity index (χ4v) is 3.64. The summed E-state index contributed by atoms with van der Waals surface area (Å²) in [5.41, 5.74) is 0.821. The summed E-state index contributed by atoms with van der Waals surface area (Å²) in [6, 6.07) is 5.45. The Labute approximate surface area is 120 Å². The lowest BCUT2D eigenvalue weighted by Crippen LogP contribution is -2.25. The van der Waals surface area contributed by atoms with Crippen LogP contribution in [-0.2, 0) is 0 Å². The normalized spacial score (nSPS) is 29.0. The van der Waals surface area contributed by atoms with E-state index in [0.29, 0.717) is 22.8 Å². The third kappa shape index (κ3) is 3.43. The van der Waals surface area contributed by atoms with Gasteiger partial charge in [-0.15, -0.1) is 0 Å². The summed E-state index contributed by atoms with van der Waals surface area (Å²) in [4.78, 5) is 0. The van der Waals surface area contributed by atoms with Gasteiger partial charge in [-0.2, -0.15) is 0 Å². The lowest BCUT2D eigenvalue weighted by Gasteiger charge is -2.34. The molecule has 2 nitrogen and oxygen atoms in total. The zero-order chi connectivity index (χ0) is 14.0. The van der Waals surface area contributed by atoms with Crippen molar-refractivity contribution in [3.8, 4) is 5.75 Å². The maximum Gasteiger partial charge on any atom is 0.124 e. The number of halogens is 1. The number of ether oxygens (including phenoxy) is 1. The van der Waals surface area contributed by atoms with Crippen LogP contribution in [0.4, 0.5) is 0 Å². The van der Waals surface area contributed by atoms with Crippen LogP contribution in [0.25, 0.3) is 0 Å². The van der Waals surface area contributed by atoms with Crippen molar-refractivity contribution in [3.05, 3.63) is 28.8 Å². The number of hydrogen-bond acceptors (Lipinski definition) is 2. The smallest absolute Gasteiger partial charge is 0.124 e. The van der Waals surface area contributed by atoms with Gasteiger partial charge < -0.3 is 9.84 Å². The van der Waals surface area contributed by atoms with E-state index >= 15 is 0 Å². The van der Waals surface area contributed by atoms with Crippen LogP contribution in [0.3, 0.4) is 0 Å². The van der Waals surface area contributed by atoms with Gasteiger partial charge >= 0.3 is 0 Å². The average molecular weight is 283 g/mol. The minimum absolute atomic E-state index is 0.297. The highest BCUT2D eigenvalue weighted by Crippen LogP contribution is 2.42. The van der Waals surface area contributed by atoms with E-state index in [2.05, 4.69) is 13.8 Å². The van der Waals surface area contributed by atoms with E-state index in [1.807, 2.05) is 12.1 Å². The lowest BCUT2D eigenvalue weighted by molar-refractivity contribution is 0.0534. The molecule has 1 aromatic carbocycles. The van der Waals surface area contributed by atoms with Gasteiger partial charge in [0.05, 0.1) is 13.2 Å². The van der Waals surface area contributed by atoms with E-state index < -0.39 is 6.10 Å². The van der Waals surface area contributed by atoms with Gasteiger partial charge in [0.25, 0.3) is 0 Å². The molecule has 0 aliphatic heterocycles. The highest BCUT2D eigenvalue weighted by atomic mass is 35.5. The van der Waals surface area contributed by atoms with Crippen molar-refractivity contribution in [2.45, 2.75) is 39.2 Å². The summed E-state index contributed by atoms with van der Waals surface area (Å²) in [6.07, 6.45) is 2.91. The fraction of sp³-hybridized carbons (Fsp3) is 0.625. The second-order valence-corrected chi connectivity index (χ2v) is 6.45. The van der Waals surface area contributed by atoms with Gasteiger partial charge in [0.2, 0.25) is 0 Å². The van der Waals surface area contributed by atoms with Crippen LogP contribution >= 0.6 is 11.6 Å². The van der Waals surface area contributed by atoms with Crippen molar-refractivity contribution in [2.24, 2.45) is 17.8 Å². The number of hydrogen-bond donors (Lipinski definition) is 1. The second-order valence-electron chi connectivity index (χ2n) is 6.01. The summed E-state index contributed by atoms with van der Waals surface area (Å²) in [5, 5.41) is 11.3. The number of rotatable bonds is 3. The molecule has 19 heavy (non-hydrogen) atoms. The molecule has 1 aliphatic rings. The Bertz CT molecular complexity index is 423. The molecule has 0 heterocycles. The number of methoxy groups -OCH3 is 1. The molecular weight excluding hydrogens is 260 g/mol. The summed E-state index contributed by atoms with van der Waals surface area (Å²) >= 11 is 6.05. The summed E-state index contributed by atoms with van der Waals surface area (Å²) in [6.45, 7) is 4.54. The molecule has 0 saturated heterocycles. The van der Waals surface area contributed by atoms with Gasteiger partial charge in [-0.05, 0) is 55.2 Å². The molecule has 0 amide bonds. The van der Waals surface area contributed by atoms with Crippen molar-refractivity contribution >= 4 is 11.6 Å². The van der Waals surface area contributed by atoms with Crippen molar-refractivity contribution in [1.82, 2.24) is 0 Å². The van der Waals surface area contributed by atoms with Crippen LogP contribution in [0, 0.1) is 17.8 Å². The third-order valence-corrected chi connectivity index (χ3v) is 4.41. The molecule has 0 aromatic heterocycles. The minimum Gasteiger partial charge on any atom is -0.496 e. The van der Waals surface area contributed by atoms with Crippen LogP contribution in [-0.4, -0.2) is 12.2 Å². The largest absolute Gasteiger partial charge is 0.496 e. The lowest BCUT2D eigenvalue weighted by atomic mass is 9.73. The van der Waals surface area contributed by atoms with E-state index in [-0.39, 0.29) is 0 Å². The van der Waals surface area contributed by atoms with Gasteiger partial charge in [-0.3, -0.25) is 0 Å². The van der Waals surface area contributed by atoms with E-state index in [9.17, 15) is 5.11 Å². The van der Waals surface area contributed by atoms with Crippen molar-refractivity contribution in [2.75, 3.05) is 7.11 Å². The highest BCUT2D eigenvalue weighted by Gasteiger charge is 2.31. The van der Waals surface area contributed by atoms with Gasteiger partial charge in [0.15, 0.2) is 0 Å². The molecule has 1 aliphatic carbocycles. The molecule has 1 saturated carbocycles. The van der Waals surface area contributed by atoms with Crippen molar-refractivity contribution in [3.63, 3.8) is 0 Å². The quantitative estimate of drug-likeness (QED) is 0.887. The predicted octanol–water partition coefficient (Wildman–Crippen LogP) is 4.45. The van der Waals surface area contributed by atoms with Crippen molar-refractivity contribution in [1.29, 1.82) is 0 Å². The number of aliphatic hydroxyl groups is 1. The Morgan fingerprint density at radius 3 is 2.42 bits per heavy atom. The van der Waals surface area contributed by atoms with Gasteiger partial charge in [0.1, 0.15) is 5.75 Å². The number of aliphatic hydroxyl groups excluding tert-OH is 1. The topological polar surface area (TPSA) is 29.5 Å². The first-order valence-corrected chi connectivity index (χ1v) is 7.40. The summed E-state index contributed by atoms with van der Waals surface area (Å²) in [5.74, 6) is 2.37. The van der Waals surface area contributed by atoms with Crippen molar-refractivity contribution < 1.29 is 9.84 Å². The standard InChI is InChI=1S/C16H23ClO2/c1-10-6-11(2)8-12(7-10)16(18)14-9-13(17)4-5-15(14)19-3/h4-5,9-12,16,18H,6-8H2,1-3H3. The minimum atomic E-state index is -0.487. The maximum atomic E-state index is 10.7. The van der Waals surface area contributed by atoms with Crippen LogP contribution in [0.2, 0.25) is 5.02 Å². The summed E-state index contributed by atoms with van der Waals surface area (Å²) < 4.78 is 5.35. The Kier molecular flexibility index (Phi) is 4.75. The maximum absolute atomic E-state index is 10.7. The molecule has 1 aromatic rings.